The van der Waals surface area contributed by atoms with Crippen LogP contribution in [0.4, 0.5) is 13.2 Å². The van der Waals surface area contributed by atoms with Gasteiger partial charge in [-0.3, -0.25) is 4.79 Å². The number of hydrogen-bond donors (Lipinski definition) is 2. The number of benzene rings is 1. The van der Waals surface area contributed by atoms with Crippen LogP contribution in [0.25, 0.3) is 0 Å². The molecule has 0 aromatic heterocycles. The minimum Gasteiger partial charge on any atom is -0.480 e. The molecule has 0 aliphatic heterocycles. The van der Waals surface area contributed by atoms with E-state index in [4.69, 9.17) is 16.7 Å². The summed E-state index contributed by atoms with van der Waals surface area (Å²) in [5.74, 6) is -2.19. The van der Waals surface area contributed by atoms with E-state index in [0.29, 0.717) is 12.1 Å². The van der Waals surface area contributed by atoms with Crippen molar-refractivity contribution in [3.05, 3.63) is 34.3 Å². The standard InChI is InChI=1S/C12H11ClF3NO3/c1-2-9(11(19)20)17-10(18)6-3-7(12(14,15)16)5-8(13)4-6/h3-5,9H,2H2,1H3,(H,17,18)(H,19,20). The molecule has 2 N–H and O–H groups in total. The zero-order valence-electron chi connectivity index (χ0n) is 10.3. The van der Waals surface area contributed by atoms with Crippen LogP contribution >= 0.6 is 11.6 Å². The smallest absolute Gasteiger partial charge is 0.416 e. The Morgan fingerprint density at radius 2 is 1.95 bits per heavy atom. The molecule has 0 aliphatic carbocycles. The molecule has 110 valence electrons. The van der Waals surface area contributed by atoms with Crippen molar-refractivity contribution in [3.63, 3.8) is 0 Å². The number of carbonyl (C=O) groups is 2. The lowest BCUT2D eigenvalue weighted by Gasteiger charge is -2.14. The van der Waals surface area contributed by atoms with Gasteiger partial charge in [0.05, 0.1) is 5.56 Å². The fourth-order valence-electron chi connectivity index (χ4n) is 1.46. The molecule has 1 amide bonds. The summed E-state index contributed by atoms with van der Waals surface area (Å²) in [5, 5.41) is 10.7. The summed E-state index contributed by atoms with van der Waals surface area (Å²) in [6.07, 6.45) is -4.54. The van der Waals surface area contributed by atoms with Crippen LogP contribution in [0.15, 0.2) is 18.2 Å². The van der Waals surface area contributed by atoms with Crippen molar-refractivity contribution < 1.29 is 27.9 Å². The van der Waals surface area contributed by atoms with Gasteiger partial charge in [0.15, 0.2) is 0 Å². The molecular weight excluding hydrogens is 299 g/mol. The molecule has 1 unspecified atom stereocenters. The molecule has 0 saturated heterocycles. The largest absolute Gasteiger partial charge is 0.480 e. The van der Waals surface area contributed by atoms with E-state index >= 15 is 0 Å². The van der Waals surface area contributed by atoms with Crippen molar-refractivity contribution >= 4 is 23.5 Å². The first kappa shape index (κ1) is 16.3. The fraction of sp³-hybridized carbons (Fsp3) is 0.333. The Morgan fingerprint density at radius 3 is 2.40 bits per heavy atom. The highest BCUT2D eigenvalue weighted by Crippen LogP contribution is 2.31. The molecule has 0 bridgehead atoms. The number of carbonyl (C=O) groups excluding carboxylic acids is 1. The van der Waals surface area contributed by atoms with Crippen LogP contribution in [0, 0.1) is 0 Å². The van der Waals surface area contributed by atoms with E-state index in [0.717, 1.165) is 6.07 Å². The number of aliphatic carboxylic acids is 1. The number of alkyl halides is 3. The highest BCUT2D eigenvalue weighted by atomic mass is 35.5. The number of hydrogen-bond acceptors (Lipinski definition) is 2. The van der Waals surface area contributed by atoms with Crippen LogP contribution in [0.2, 0.25) is 5.02 Å². The van der Waals surface area contributed by atoms with Gasteiger partial charge in [-0.05, 0) is 24.6 Å². The molecule has 4 nitrogen and oxygen atoms in total. The van der Waals surface area contributed by atoms with Crippen LogP contribution in [0.3, 0.4) is 0 Å². The van der Waals surface area contributed by atoms with E-state index in [9.17, 15) is 22.8 Å². The average molecular weight is 310 g/mol. The second-order valence-electron chi connectivity index (χ2n) is 4.00. The third-order valence-corrected chi connectivity index (χ3v) is 2.72. The number of carboxylic acid groups (broad SMARTS) is 1. The monoisotopic (exact) mass is 309 g/mol. The van der Waals surface area contributed by atoms with Crippen molar-refractivity contribution in [3.8, 4) is 0 Å². The van der Waals surface area contributed by atoms with Gasteiger partial charge in [0, 0.05) is 10.6 Å². The Balaban J connectivity index is 3.05. The first-order valence-electron chi connectivity index (χ1n) is 5.56. The molecule has 0 fully saturated rings. The van der Waals surface area contributed by atoms with E-state index in [1.165, 1.54) is 6.92 Å². The van der Waals surface area contributed by atoms with E-state index in [1.54, 1.807) is 0 Å². The maximum Gasteiger partial charge on any atom is 0.416 e. The van der Waals surface area contributed by atoms with Crippen molar-refractivity contribution in [2.24, 2.45) is 0 Å². The Labute approximate surface area is 117 Å². The molecule has 0 radical (unpaired) electrons. The summed E-state index contributed by atoms with van der Waals surface area (Å²) in [4.78, 5) is 22.5. The van der Waals surface area contributed by atoms with Crippen LogP contribution in [-0.4, -0.2) is 23.0 Å². The zero-order chi connectivity index (χ0) is 15.5. The van der Waals surface area contributed by atoms with Gasteiger partial charge in [-0.1, -0.05) is 18.5 Å². The van der Waals surface area contributed by atoms with E-state index in [2.05, 4.69) is 5.32 Å². The van der Waals surface area contributed by atoms with Gasteiger partial charge in [-0.15, -0.1) is 0 Å². The molecule has 1 aromatic carbocycles. The van der Waals surface area contributed by atoms with Gasteiger partial charge >= 0.3 is 12.1 Å². The molecule has 0 aliphatic rings. The van der Waals surface area contributed by atoms with Crippen LogP contribution < -0.4 is 5.32 Å². The van der Waals surface area contributed by atoms with Gasteiger partial charge < -0.3 is 10.4 Å². The molecular formula is C12H11ClF3NO3. The number of amides is 1. The summed E-state index contributed by atoms with van der Waals surface area (Å²) in [7, 11) is 0. The van der Waals surface area contributed by atoms with Crippen LogP contribution in [-0.2, 0) is 11.0 Å². The normalized spacial score (nSPS) is 12.8. The Kier molecular flexibility index (Phi) is 4.99. The predicted molar refractivity (Wildman–Crippen MR) is 65.6 cm³/mol. The van der Waals surface area contributed by atoms with Crippen molar-refractivity contribution in [2.75, 3.05) is 0 Å². The molecule has 1 rings (SSSR count). The maximum atomic E-state index is 12.6. The van der Waals surface area contributed by atoms with Crippen molar-refractivity contribution in [1.82, 2.24) is 5.32 Å². The van der Waals surface area contributed by atoms with Crippen LogP contribution in [0.1, 0.15) is 29.3 Å². The van der Waals surface area contributed by atoms with Gasteiger partial charge in [-0.2, -0.15) is 13.2 Å². The molecule has 1 aromatic rings. The third kappa shape index (κ3) is 4.12. The Bertz CT molecular complexity index is 531. The van der Waals surface area contributed by atoms with Gasteiger partial charge in [-0.25, -0.2) is 4.79 Å². The lowest BCUT2D eigenvalue weighted by molar-refractivity contribution is -0.139. The molecule has 1 atom stereocenters. The van der Waals surface area contributed by atoms with Crippen LogP contribution in [0.5, 0.6) is 0 Å². The predicted octanol–water partition coefficient (Wildman–Crippen LogP) is 2.95. The quantitative estimate of drug-likeness (QED) is 0.898. The lowest BCUT2D eigenvalue weighted by atomic mass is 10.1. The SMILES string of the molecule is CCC(NC(=O)c1cc(Cl)cc(C(F)(F)F)c1)C(=O)O. The van der Waals surface area contributed by atoms with E-state index in [1.807, 2.05) is 0 Å². The number of nitrogens with one attached hydrogen (secondary N) is 1. The number of carboxylic acids is 1. The summed E-state index contributed by atoms with van der Waals surface area (Å²) in [6, 6.07) is 1.18. The molecule has 8 heteroatoms. The summed E-state index contributed by atoms with van der Waals surface area (Å²) in [6.45, 7) is 1.53. The Hall–Kier alpha value is -1.76. The lowest BCUT2D eigenvalue weighted by Crippen LogP contribution is -2.40. The van der Waals surface area contributed by atoms with Gasteiger partial charge in [0.1, 0.15) is 6.04 Å². The summed E-state index contributed by atoms with van der Waals surface area (Å²) < 4.78 is 37.8. The first-order chi connectivity index (χ1) is 9.15. The third-order valence-electron chi connectivity index (χ3n) is 2.50. The molecule has 0 saturated carbocycles. The molecule has 0 heterocycles. The summed E-state index contributed by atoms with van der Waals surface area (Å²) >= 11 is 5.54. The van der Waals surface area contributed by atoms with Crippen molar-refractivity contribution in [2.45, 2.75) is 25.6 Å². The maximum absolute atomic E-state index is 12.6. The van der Waals surface area contributed by atoms with E-state index in [-0.39, 0.29) is 17.0 Å². The topological polar surface area (TPSA) is 66.4 Å². The van der Waals surface area contributed by atoms with Gasteiger partial charge in [0.2, 0.25) is 0 Å². The zero-order valence-corrected chi connectivity index (χ0v) is 11.0. The highest BCUT2D eigenvalue weighted by Gasteiger charge is 2.32. The minimum absolute atomic E-state index is 0.105. The minimum atomic E-state index is -4.64. The number of halogens is 4. The van der Waals surface area contributed by atoms with E-state index < -0.39 is 29.7 Å². The first-order valence-corrected chi connectivity index (χ1v) is 5.94. The summed E-state index contributed by atoms with van der Waals surface area (Å²) in [5.41, 5.74) is -1.41. The fourth-order valence-corrected chi connectivity index (χ4v) is 1.70. The average Bonchev–Trinajstić information content (AvgIpc) is 2.33. The van der Waals surface area contributed by atoms with Gasteiger partial charge in [0.25, 0.3) is 5.91 Å². The van der Waals surface area contributed by atoms with Crippen molar-refractivity contribution in [1.29, 1.82) is 0 Å². The molecule has 20 heavy (non-hydrogen) atoms. The highest BCUT2D eigenvalue weighted by molar-refractivity contribution is 6.31. The Morgan fingerprint density at radius 1 is 1.35 bits per heavy atom. The number of rotatable bonds is 4. The second kappa shape index (κ2) is 6.13. The second-order valence-corrected chi connectivity index (χ2v) is 4.44. The molecule has 0 spiro atoms.